The summed E-state index contributed by atoms with van der Waals surface area (Å²) in [4.78, 5) is 4.14. The van der Waals surface area contributed by atoms with Crippen LogP contribution in [0.5, 0.6) is 5.75 Å². The number of nitrogens with one attached hydrogen (secondary N) is 1. The fourth-order valence-electron chi connectivity index (χ4n) is 2.05. The summed E-state index contributed by atoms with van der Waals surface area (Å²) in [7, 11) is 0. The van der Waals surface area contributed by atoms with Gasteiger partial charge in [0.1, 0.15) is 12.4 Å². The molecule has 1 aromatic carbocycles. The molecule has 1 atom stereocenters. The lowest BCUT2D eigenvalue weighted by Crippen LogP contribution is -2.19. The van der Waals surface area contributed by atoms with E-state index in [1.807, 2.05) is 24.4 Å². The molecular formula is C17H21BrN2O. The minimum Gasteiger partial charge on any atom is -0.489 e. The first kappa shape index (κ1) is 16.0. The van der Waals surface area contributed by atoms with E-state index >= 15 is 0 Å². The van der Waals surface area contributed by atoms with Crippen LogP contribution in [-0.4, -0.2) is 11.5 Å². The Hall–Kier alpha value is -1.39. The first-order valence-corrected chi connectivity index (χ1v) is 8.04. The molecule has 0 bridgehead atoms. The third-order valence-electron chi connectivity index (χ3n) is 3.23. The number of pyridine rings is 1. The predicted molar refractivity (Wildman–Crippen MR) is 89.4 cm³/mol. The molecule has 0 aliphatic heterocycles. The van der Waals surface area contributed by atoms with E-state index in [2.05, 4.69) is 52.2 Å². The standard InChI is InChI=1S/C17H21BrN2O/c1-3-7-20-13(2)15-5-4-6-17(9-15)21-12-14-8-16(18)11-19-10-14/h4-6,8-11,13,20H,3,7,12H2,1-2H3. The number of benzene rings is 1. The average Bonchev–Trinajstić information content (AvgIpc) is 2.51. The topological polar surface area (TPSA) is 34.1 Å². The normalized spacial score (nSPS) is 12.1. The molecule has 0 aliphatic rings. The van der Waals surface area contributed by atoms with E-state index in [9.17, 15) is 0 Å². The molecule has 0 fully saturated rings. The van der Waals surface area contributed by atoms with Crippen molar-refractivity contribution in [3.8, 4) is 5.75 Å². The van der Waals surface area contributed by atoms with Gasteiger partial charge in [-0.25, -0.2) is 0 Å². The van der Waals surface area contributed by atoms with Crippen LogP contribution in [0.1, 0.15) is 37.4 Å². The second kappa shape index (κ2) is 8.15. The van der Waals surface area contributed by atoms with Crippen LogP contribution in [-0.2, 0) is 6.61 Å². The van der Waals surface area contributed by atoms with E-state index in [-0.39, 0.29) is 0 Å². The fourth-order valence-corrected chi connectivity index (χ4v) is 2.47. The summed E-state index contributed by atoms with van der Waals surface area (Å²) in [6.45, 7) is 5.89. The van der Waals surface area contributed by atoms with Crippen molar-refractivity contribution < 1.29 is 4.74 Å². The van der Waals surface area contributed by atoms with Gasteiger partial charge in [0, 0.05) is 28.5 Å². The van der Waals surface area contributed by atoms with Crippen LogP contribution in [0.4, 0.5) is 0 Å². The third-order valence-corrected chi connectivity index (χ3v) is 3.66. The van der Waals surface area contributed by atoms with Crippen molar-refractivity contribution in [1.29, 1.82) is 0 Å². The lowest BCUT2D eigenvalue weighted by Gasteiger charge is -2.15. The Morgan fingerprint density at radius 3 is 2.90 bits per heavy atom. The number of hydrogen-bond donors (Lipinski definition) is 1. The first-order chi connectivity index (χ1) is 10.2. The average molecular weight is 349 g/mol. The van der Waals surface area contributed by atoms with Crippen molar-refractivity contribution >= 4 is 15.9 Å². The van der Waals surface area contributed by atoms with E-state index in [4.69, 9.17) is 4.74 Å². The molecule has 3 nitrogen and oxygen atoms in total. The number of halogens is 1. The quantitative estimate of drug-likeness (QED) is 0.800. The van der Waals surface area contributed by atoms with Crippen molar-refractivity contribution in [2.75, 3.05) is 6.54 Å². The molecule has 112 valence electrons. The van der Waals surface area contributed by atoms with Gasteiger partial charge in [0.05, 0.1) is 0 Å². The Kier molecular flexibility index (Phi) is 6.21. The number of nitrogens with zero attached hydrogens (tertiary/aromatic N) is 1. The van der Waals surface area contributed by atoms with Crippen LogP contribution in [0.3, 0.4) is 0 Å². The molecule has 2 rings (SSSR count). The van der Waals surface area contributed by atoms with Crippen LogP contribution in [0.25, 0.3) is 0 Å². The first-order valence-electron chi connectivity index (χ1n) is 7.24. The highest BCUT2D eigenvalue weighted by atomic mass is 79.9. The summed E-state index contributed by atoms with van der Waals surface area (Å²) in [5, 5.41) is 3.49. The fraction of sp³-hybridized carbons (Fsp3) is 0.353. The van der Waals surface area contributed by atoms with Gasteiger partial charge < -0.3 is 10.1 Å². The second-order valence-electron chi connectivity index (χ2n) is 5.05. The number of rotatable bonds is 7. The Labute approximate surface area is 134 Å². The molecule has 0 spiro atoms. The van der Waals surface area contributed by atoms with Gasteiger partial charge in [-0.15, -0.1) is 0 Å². The maximum atomic E-state index is 5.85. The molecule has 0 radical (unpaired) electrons. The summed E-state index contributed by atoms with van der Waals surface area (Å²) in [5.74, 6) is 0.887. The highest BCUT2D eigenvalue weighted by Gasteiger charge is 2.05. The zero-order chi connectivity index (χ0) is 15.1. The number of ether oxygens (including phenoxy) is 1. The van der Waals surface area contributed by atoms with Gasteiger partial charge in [0.2, 0.25) is 0 Å². The van der Waals surface area contributed by atoms with E-state index in [0.717, 1.165) is 28.8 Å². The molecule has 0 saturated heterocycles. The summed E-state index contributed by atoms with van der Waals surface area (Å²) < 4.78 is 6.82. The molecule has 1 unspecified atom stereocenters. The van der Waals surface area contributed by atoms with Gasteiger partial charge in [0.15, 0.2) is 0 Å². The van der Waals surface area contributed by atoms with Crippen LogP contribution < -0.4 is 10.1 Å². The monoisotopic (exact) mass is 348 g/mol. The molecular weight excluding hydrogens is 328 g/mol. The highest BCUT2D eigenvalue weighted by Crippen LogP contribution is 2.20. The minimum atomic E-state index is 0.334. The summed E-state index contributed by atoms with van der Waals surface area (Å²) in [5.41, 5.74) is 2.29. The maximum absolute atomic E-state index is 5.85. The number of aromatic nitrogens is 1. The molecule has 0 amide bonds. The SMILES string of the molecule is CCCNC(C)c1cccc(OCc2cncc(Br)c2)c1. The number of hydrogen-bond acceptors (Lipinski definition) is 3. The lowest BCUT2D eigenvalue weighted by atomic mass is 10.1. The maximum Gasteiger partial charge on any atom is 0.120 e. The van der Waals surface area contributed by atoms with Crippen molar-refractivity contribution in [1.82, 2.24) is 10.3 Å². The third kappa shape index (κ3) is 5.14. The molecule has 4 heteroatoms. The van der Waals surface area contributed by atoms with Gasteiger partial charge in [-0.3, -0.25) is 4.98 Å². The van der Waals surface area contributed by atoms with Gasteiger partial charge >= 0.3 is 0 Å². The van der Waals surface area contributed by atoms with E-state index in [1.165, 1.54) is 5.56 Å². The Bertz CT molecular complexity index is 574. The molecule has 21 heavy (non-hydrogen) atoms. The van der Waals surface area contributed by atoms with Crippen molar-refractivity contribution in [2.24, 2.45) is 0 Å². The highest BCUT2D eigenvalue weighted by molar-refractivity contribution is 9.10. The van der Waals surface area contributed by atoms with Gasteiger partial charge in [-0.05, 0) is 59.6 Å². The Morgan fingerprint density at radius 1 is 1.29 bits per heavy atom. The van der Waals surface area contributed by atoms with E-state index in [0.29, 0.717) is 12.6 Å². The van der Waals surface area contributed by atoms with Crippen LogP contribution in [0.2, 0.25) is 0 Å². The zero-order valence-electron chi connectivity index (χ0n) is 12.5. The van der Waals surface area contributed by atoms with E-state index < -0.39 is 0 Å². The Balaban J connectivity index is 1.97. The van der Waals surface area contributed by atoms with Gasteiger partial charge in [-0.2, -0.15) is 0 Å². The van der Waals surface area contributed by atoms with Crippen LogP contribution in [0, 0.1) is 0 Å². The predicted octanol–water partition coefficient (Wildman–Crippen LogP) is 4.48. The molecule has 0 aliphatic carbocycles. The molecule has 1 heterocycles. The zero-order valence-corrected chi connectivity index (χ0v) is 14.1. The van der Waals surface area contributed by atoms with Gasteiger partial charge in [0.25, 0.3) is 0 Å². The van der Waals surface area contributed by atoms with Crippen molar-refractivity contribution in [3.05, 3.63) is 58.3 Å². The lowest BCUT2D eigenvalue weighted by molar-refractivity contribution is 0.305. The smallest absolute Gasteiger partial charge is 0.120 e. The summed E-state index contributed by atoms with van der Waals surface area (Å²) in [6, 6.07) is 10.6. The Morgan fingerprint density at radius 2 is 2.14 bits per heavy atom. The molecule has 1 N–H and O–H groups in total. The molecule has 1 aromatic heterocycles. The largest absolute Gasteiger partial charge is 0.489 e. The second-order valence-corrected chi connectivity index (χ2v) is 5.96. The van der Waals surface area contributed by atoms with E-state index in [1.54, 1.807) is 6.20 Å². The van der Waals surface area contributed by atoms with Crippen LogP contribution in [0.15, 0.2) is 47.2 Å². The minimum absolute atomic E-state index is 0.334. The molecule has 0 saturated carbocycles. The van der Waals surface area contributed by atoms with Crippen molar-refractivity contribution in [3.63, 3.8) is 0 Å². The molecule has 2 aromatic rings. The summed E-state index contributed by atoms with van der Waals surface area (Å²) >= 11 is 3.42. The summed E-state index contributed by atoms with van der Waals surface area (Å²) in [6.07, 6.45) is 4.72. The van der Waals surface area contributed by atoms with Crippen LogP contribution >= 0.6 is 15.9 Å². The van der Waals surface area contributed by atoms with Gasteiger partial charge in [-0.1, -0.05) is 19.1 Å². The van der Waals surface area contributed by atoms with Crippen molar-refractivity contribution in [2.45, 2.75) is 32.9 Å².